The summed E-state index contributed by atoms with van der Waals surface area (Å²) in [5.41, 5.74) is -0.254. The molecule has 2 aliphatic rings. The molecule has 4 rings (SSSR count). The molecule has 2 aliphatic heterocycles. The second-order valence-electron chi connectivity index (χ2n) is 8.29. The first-order valence-electron chi connectivity index (χ1n) is 10.5. The van der Waals surface area contributed by atoms with Crippen LogP contribution in [0.1, 0.15) is 36.9 Å². The number of likely N-dealkylation sites (N-methyl/N-ethyl adjacent to an activating group) is 1. The van der Waals surface area contributed by atoms with Crippen LogP contribution in [0.15, 0.2) is 42.5 Å². The number of carbonyl (C=O) groups excluding carboxylic acids is 3. The number of imide groups is 1. The molecular weight excluding hydrogens is 415 g/mol. The number of rotatable bonds is 5. The number of nitrogens with zero attached hydrogens (tertiary/aromatic N) is 2. The summed E-state index contributed by atoms with van der Waals surface area (Å²) in [6.07, 6.45) is -0.416. The normalized spacial score (nSPS) is 20.9. The van der Waals surface area contributed by atoms with Crippen molar-refractivity contribution in [1.82, 2.24) is 9.80 Å². The number of carbonyl (C=O) groups is 3. The molecule has 0 aliphatic carbocycles. The van der Waals surface area contributed by atoms with Gasteiger partial charge in [-0.25, -0.2) is 4.39 Å². The largest absolute Gasteiger partial charge is 0.486 e. The number of benzene rings is 2. The Hall–Kier alpha value is -3.42. The molecule has 7 nitrogen and oxygen atoms in total. The van der Waals surface area contributed by atoms with Gasteiger partial charge in [0.15, 0.2) is 11.5 Å². The van der Waals surface area contributed by atoms with E-state index in [4.69, 9.17) is 9.47 Å². The molecule has 2 unspecified atom stereocenters. The molecule has 0 N–H and O–H groups in total. The van der Waals surface area contributed by atoms with Crippen molar-refractivity contribution in [2.75, 3.05) is 27.3 Å². The minimum absolute atomic E-state index is 0.177. The quantitative estimate of drug-likeness (QED) is 0.669. The van der Waals surface area contributed by atoms with Crippen LogP contribution >= 0.6 is 0 Å². The lowest BCUT2D eigenvalue weighted by atomic mass is 9.75. The third-order valence-corrected chi connectivity index (χ3v) is 6.39. The maximum atomic E-state index is 14.0. The number of fused-ring (bicyclic) bond motifs is 1. The molecule has 0 aromatic heterocycles. The summed E-state index contributed by atoms with van der Waals surface area (Å²) in [6, 6.07) is 10.7. The van der Waals surface area contributed by atoms with Crippen molar-refractivity contribution in [3.8, 4) is 11.5 Å². The smallest absolute Gasteiger partial charge is 0.240 e. The summed E-state index contributed by atoms with van der Waals surface area (Å²) in [7, 11) is 3.03. The molecule has 0 bridgehead atoms. The van der Waals surface area contributed by atoms with Gasteiger partial charge in [0.05, 0.1) is 11.5 Å². The Morgan fingerprint density at radius 1 is 1.16 bits per heavy atom. The van der Waals surface area contributed by atoms with Gasteiger partial charge in [-0.05, 0) is 42.3 Å². The van der Waals surface area contributed by atoms with E-state index in [9.17, 15) is 18.8 Å². The van der Waals surface area contributed by atoms with Crippen molar-refractivity contribution in [3.63, 3.8) is 0 Å². The van der Waals surface area contributed by atoms with Crippen LogP contribution < -0.4 is 9.47 Å². The molecule has 1 saturated heterocycles. The average molecular weight is 440 g/mol. The van der Waals surface area contributed by atoms with Crippen molar-refractivity contribution in [3.05, 3.63) is 59.4 Å². The highest BCUT2D eigenvalue weighted by molar-refractivity contribution is 6.10. The molecule has 2 atom stereocenters. The first kappa shape index (κ1) is 21.8. The van der Waals surface area contributed by atoms with E-state index >= 15 is 0 Å². The molecule has 32 heavy (non-hydrogen) atoms. The Labute approximate surface area is 185 Å². The van der Waals surface area contributed by atoms with Gasteiger partial charge >= 0.3 is 0 Å². The van der Waals surface area contributed by atoms with E-state index in [1.165, 1.54) is 30.1 Å². The van der Waals surface area contributed by atoms with E-state index in [1.54, 1.807) is 19.2 Å². The number of hydrogen-bond donors (Lipinski definition) is 0. The molecule has 2 aromatic carbocycles. The Bertz CT molecular complexity index is 1090. The monoisotopic (exact) mass is 440 g/mol. The van der Waals surface area contributed by atoms with Crippen molar-refractivity contribution >= 4 is 17.7 Å². The molecule has 0 saturated carbocycles. The first-order valence-corrected chi connectivity index (χ1v) is 10.5. The highest BCUT2D eigenvalue weighted by Gasteiger charge is 2.53. The summed E-state index contributed by atoms with van der Waals surface area (Å²) in [5, 5.41) is 0. The summed E-state index contributed by atoms with van der Waals surface area (Å²) < 4.78 is 25.1. The average Bonchev–Trinajstić information content (AvgIpc) is 3.01. The zero-order valence-corrected chi connectivity index (χ0v) is 18.3. The van der Waals surface area contributed by atoms with Gasteiger partial charge in [0.25, 0.3) is 0 Å². The highest BCUT2D eigenvalue weighted by Crippen LogP contribution is 2.41. The maximum absolute atomic E-state index is 14.0. The van der Waals surface area contributed by atoms with Crippen LogP contribution in [0.2, 0.25) is 0 Å². The van der Waals surface area contributed by atoms with E-state index in [0.717, 1.165) is 10.5 Å². The van der Waals surface area contributed by atoms with Crippen molar-refractivity contribution in [2.45, 2.75) is 31.2 Å². The minimum atomic E-state index is -1.42. The predicted molar refractivity (Wildman–Crippen MR) is 114 cm³/mol. The fraction of sp³-hybridized carbons (Fsp3) is 0.375. The van der Waals surface area contributed by atoms with Crippen LogP contribution in [0, 0.1) is 5.82 Å². The molecule has 2 aromatic rings. The maximum Gasteiger partial charge on any atom is 0.240 e. The van der Waals surface area contributed by atoms with Crippen LogP contribution in [0.3, 0.4) is 0 Å². The predicted octanol–water partition coefficient (Wildman–Crippen LogP) is 2.83. The number of hydrogen-bond acceptors (Lipinski definition) is 5. The second kappa shape index (κ2) is 8.26. The molecule has 0 radical (unpaired) electrons. The number of amides is 3. The molecule has 168 valence electrons. The van der Waals surface area contributed by atoms with E-state index in [-0.39, 0.29) is 24.8 Å². The van der Waals surface area contributed by atoms with Crippen molar-refractivity contribution < 1.29 is 28.2 Å². The van der Waals surface area contributed by atoms with Crippen LogP contribution in [-0.2, 0) is 19.8 Å². The fourth-order valence-corrected chi connectivity index (χ4v) is 4.28. The third kappa shape index (κ3) is 3.70. The van der Waals surface area contributed by atoms with E-state index in [1.807, 2.05) is 19.1 Å². The fourth-order valence-electron chi connectivity index (χ4n) is 4.28. The van der Waals surface area contributed by atoms with Gasteiger partial charge in [0.1, 0.15) is 19.0 Å². The summed E-state index contributed by atoms with van der Waals surface area (Å²) >= 11 is 0. The lowest BCUT2D eigenvalue weighted by Crippen LogP contribution is -2.42. The number of likely N-dealkylation sites (tertiary alicyclic amines) is 1. The Kier molecular flexibility index (Phi) is 5.62. The zero-order chi connectivity index (χ0) is 23.0. The van der Waals surface area contributed by atoms with Gasteiger partial charge in [-0.1, -0.05) is 18.2 Å². The van der Waals surface area contributed by atoms with E-state index < -0.39 is 23.0 Å². The molecule has 8 heteroatoms. The van der Waals surface area contributed by atoms with Crippen LogP contribution in [0.25, 0.3) is 0 Å². The van der Waals surface area contributed by atoms with Gasteiger partial charge in [0, 0.05) is 26.9 Å². The molecular formula is C24H25FN2O5. The summed E-state index contributed by atoms with van der Waals surface area (Å²) in [5.74, 6) is -0.466. The Morgan fingerprint density at radius 2 is 1.88 bits per heavy atom. The second-order valence-corrected chi connectivity index (χ2v) is 8.29. The molecule has 0 spiro atoms. The molecule has 1 fully saturated rings. The molecule has 3 amide bonds. The van der Waals surface area contributed by atoms with Crippen LogP contribution in [0.5, 0.6) is 11.5 Å². The highest BCUT2D eigenvalue weighted by atomic mass is 19.1. The molecule has 2 heterocycles. The first-order chi connectivity index (χ1) is 15.2. The van der Waals surface area contributed by atoms with Gasteiger partial charge in [0.2, 0.25) is 17.7 Å². The van der Waals surface area contributed by atoms with Gasteiger partial charge in [-0.2, -0.15) is 0 Å². The lowest BCUT2D eigenvalue weighted by Gasteiger charge is -2.32. The minimum Gasteiger partial charge on any atom is -0.486 e. The van der Waals surface area contributed by atoms with Gasteiger partial charge in [-0.3, -0.25) is 19.3 Å². The lowest BCUT2D eigenvalue weighted by molar-refractivity contribution is -0.141. The standard InChI is InChI=1S/C24H25FN2O5/c1-15(16-7-8-19-20(11-16)32-10-9-31-19)26(2)21(28)13-24(14-22(29)27(3)23(24)30)17-5-4-6-18(25)12-17/h4-8,11-12,15H,9-10,13-14H2,1-3H3. The van der Waals surface area contributed by atoms with Crippen molar-refractivity contribution in [1.29, 1.82) is 0 Å². The van der Waals surface area contributed by atoms with Crippen molar-refractivity contribution in [2.24, 2.45) is 0 Å². The summed E-state index contributed by atoms with van der Waals surface area (Å²) in [6.45, 7) is 2.81. The van der Waals surface area contributed by atoms with E-state index in [0.29, 0.717) is 30.3 Å². The van der Waals surface area contributed by atoms with Gasteiger partial charge in [-0.15, -0.1) is 0 Å². The number of ether oxygens (including phenoxy) is 2. The summed E-state index contributed by atoms with van der Waals surface area (Å²) in [4.78, 5) is 41.3. The van der Waals surface area contributed by atoms with Crippen LogP contribution in [-0.4, -0.2) is 54.8 Å². The van der Waals surface area contributed by atoms with E-state index in [2.05, 4.69) is 0 Å². The van der Waals surface area contributed by atoms with Gasteiger partial charge < -0.3 is 14.4 Å². The topological polar surface area (TPSA) is 76.2 Å². The SMILES string of the molecule is CC(c1ccc2c(c1)OCCO2)N(C)C(=O)CC1(c2cccc(F)c2)CC(=O)N(C)C1=O. The number of halogens is 1. The zero-order valence-electron chi connectivity index (χ0n) is 18.3. The van der Waals surface area contributed by atoms with Crippen LogP contribution in [0.4, 0.5) is 4.39 Å². The third-order valence-electron chi connectivity index (χ3n) is 6.39. The Morgan fingerprint density at radius 3 is 2.53 bits per heavy atom. The Balaban J connectivity index is 1.61.